The zero-order chi connectivity index (χ0) is 13.3. The molecule has 2 aromatic rings. The average Bonchev–Trinajstić information content (AvgIpc) is 2.31. The van der Waals surface area contributed by atoms with Crippen molar-refractivity contribution in [2.24, 2.45) is 0 Å². The first kappa shape index (κ1) is 13.4. The van der Waals surface area contributed by atoms with Crippen LogP contribution in [0, 0.1) is 0 Å². The average molecular weight is 345 g/mol. The predicted octanol–water partition coefficient (Wildman–Crippen LogP) is 4.57. The maximum atomic E-state index is 12.3. The number of rotatable bonds is 2. The Morgan fingerprint density at radius 1 is 1.06 bits per heavy atom. The van der Waals surface area contributed by atoms with Gasteiger partial charge in [-0.3, -0.25) is 4.79 Å². The van der Waals surface area contributed by atoms with Crippen molar-refractivity contribution in [3.05, 3.63) is 62.0 Å². The summed E-state index contributed by atoms with van der Waals surface area (Å²) in [7, 11) is 0. The van der Waals surface area contributed by atoms with Crippen LogP contribution < -0.4 is 5.73 Å². The van der Waals surface area contributed by atoms with Crippen LogP contribution in [0.2, 0.25) is 10.0 Å². The second-order valence-electron chi connectivity index (χ2n) is 3.69. The summed E-state index contributed by atoms with van der Waals surface area (Å²) in [5.74, 6) is -0.200. The van der Waals surface area contributed by atoms with E-state index in [1.165, 1.54) is 0 Å². The normalized spacial score (nSPS) is 10.4. The fourth-order valence-corrected chi connectivity index (χ4v) is 2.41. The fraction of sp³-hybridized carbons (Fsp3) is 0. The van der Waals surface area contributed by atoms with Crippen LogP contribution >= 0.6 is 39.1 Å². The molecule has 0 heterocycles. The summed E-state index contributed by atoms with van der Waals surface area (Å²) >= 11 is 15.2. The molecule has 0 saturated carbocycles. The molecular formula is C13H8BrCl2NO. The van der Waals surface area contributed by atoms with Crippen LogP contribution in [-0.2, 0) is 0 Å². The molecule has 0 aliphatic heterocycles. The lowest BCUT2D eigenvalue weighted by Gasteiger charge is -2.07. The van der Waals surface area contributed by atoms with Crippen LogP contribution in [0.5, 0.6) is 0 Å². The number of ketones is 1. The molecule has 0 bridgehead atoms. The summed E-state index contributed by atoms with van der Waals surface area (Å²) in [6.07, 6.45) is 0. The van der Waals surface area contributed by atoms with Gasteiger partial charge in [0.25, 0.3) is 0 Å². The molecule has 0 spiro atoms. The SMILES string of the molecule is Nc1ccc(C(=O)c2cc(Cl)ccc2Br)c(Cl)c1. The number of benzene rings is 2. The highest BCUT2D eigenvalue weighted by molar-refractivity contribution is 9.10. The van der Waals surface area contributed by atoms with Crippen molar-refractivity contribution in [2.75, 3.05) is 5.73 Å². The topological polar surface area (TPSA) is 43.1 Å². The van der Waals surface area contributed by atoms with E-state index in [0.29, 0.717) is 31.3 Å². The number of halogens is 3. The van der Waals surface area contributed by atoms with Crippen LogP contribution in [0.4, 0.5) is 5.69 Å². The van der Waals surface area contributed by atoms with Crippen molar-refractivity contribution in [2.45, 2.75) is 0 Å². The monoisotopic (exact) mass is 343 g/mol. The Morgan fingerprint density at radius 3 is 2.44 bits per heavy atom. The molecule has 2 N–H and O–H groups in total. The van der Waals surface area contributed by atoms with Crippen LogP contribution in [0.3, 0.4) is 0 Å². The van der Waals surface area contributed by atoms with E-state index in [9.17, 15) is 4.79 Å². The van der Waals surface area contributed by atoms with E-state index >= 15 is 0 Å². The first-order valence-corrected chi connectivity index (χ1v) is 6.58. The third-order valence-electron chi connectivity index (χ3n) is 2.41. The molecular weight excluding hydrogens is 337 g/mol. The van der Waals surface area contributed by atoms with Crippen molar-refractivity contribution in [1.29, 1.82) is 0 Å². The molecule has 0 saturated heterocycles. The van der Waals surface area contributed by atoms with Gasteiger partial charge < -0.3 is 5.73 Å². The van der Waals surface area contributed by atoms with E-state index in [1.807, 2.05) is 0 Å². The van der Waals surface area contributed by atoms with Gasteiger partial charge in [0.05, 0.1) is 5.02 Å². The van der Waals surface area contributed by atoms with E-state index in [4.69, 9.17) is 28.9 Å². The number of hydrogen-bond donors (Lipinski definition) is 1. The molecule has 2 aromatic carbocycles. The van der Waals surface area contributed by atoms with Crippen LogP contribution in [0.1, 0.15) is 15.9 Å². The second-order valence-corrected chi connectivity index (χ2v) is 5.39. The number of nitrogens with two attached hydrogens (primary N) is 1. The van der Waals surface area contributed by atoms with Crippen molar-refractivity contribution >= 4 is 50.6 Å². The zero-order valence-corrected chi connectivity index (χ0v) is 12.2. The lowest BCUT2D eigenvalue weighted by molar-refractivity contribution is 0.103. The van der Waals surface area contributed by atoms with E-state index < -0.39 is 0 Å². The molecule has 0 unspecified atom stereocenters. The Morgan fingerprint density at radius 2 is 1.78 bits per heavy atom. The van der Waals surface area contributed by atoms with Crippen molar-refractivity contribution in [1.82, 2.24) is 0 Å². The molecule has 0 aromatic heterocycles. The van der Waals surface area contributed by atoms with Crippen molar-refractivity contribution in [3.63, 3.8) is 0 Å². The van der Waals surface area contributed by atoms with Gasteiger partial charge in [-0.2, -0.15) is 0 Å². The largest absolute Gasteiger partial charge is 0.399 e. The Labute approximate surface area is 123 Å². The minimum atomic E-state index is -0.200. The van der Waals surface area contributed by atoms with E-state index in [1.54, 1.807) is 36.4 Å². The van der Waals surface area contributed by atoms with Gasteiger partial charge in [-0.05, 0) is 36.4 Å². The third-order valence-corrected chi connectivity index (χ3v) is 3.65. The first-order chi connectivity index (χ1) is 8.49. The van der Waals surface area contributed by atoms with E-state index in [0.717, 1.165) is 0 Å². The van der Waals surface area contributed by atoms with Gasteiger partial charge in [0, 0.05) is 26.3 Å². The van der Waals surface area contributed by atoms with Crippen molar-refractivity contribution < 1.29 is 4.79 Å². The second kappa shape index (κ2) is 5.31. The Kier molecular flexibility index (Phi) is 3.95. The summed E-state index contributed by atoms with van der Waals surface area (Å²) < 4.78 is 0.671. The van der Waals surface area contributed by atoms with E-state index in [2.05, 4.69) is 15.9 Å². The van der Waals surface area contributed by atoms with Crippen LogP contribution in [0.15, 0.2) is 40.9 Å². The standard InChI is InChI=1S/C13H8BrCl2NO/c14-11-4-1-7(15)5-10(11)13(18)9-3-2-8(17)6-12(9)16/h1-6H,17H2. The molecule has 0 radical (unpaired) electrons. The highest BCUT2D eigenvalue weighted by Crippen LogP contribution is 2.27. The Hall–Kier alpha value is -1.03. The summed E-state index contributed by atoms with van der Waals surface area (Å²) in [6, 6.07) is 9.81. The highest BCUT2D eigenvalue weighted by atomic mass is 79.9. The number of hydrogen-bond acceptors (Lipinski definition) is 2. The maximum absolute atomic E-state index is 12.3. The van der Waals surface area contributed by atoms with Crippen LogP contribution in [0.25, 0.3) is 0 Å². The molecule has 92 valence electrons. The summed E-state index contributed by atoms with van der Waals surface area (Å²) in [5, 5.41) is 0.819. The van der Waals surface area contributed by atoms with E-state index in [-0.39, 0.29) is 5.78 Å². The molecule has 0 amide bonds. The lowest BCUT2D eigenvalue weighted by atomic mass is 10.0. The van der Waals surface area contributed by atoms with Gasteiger partial charge in [-0.1, -0.05) is 39.1 Å². The van der Waals surface area contributed by atoms with Gasteiger partial charge in [0.1, 0.15) is 0 Å². The highest BCUT2D eigenvalue weighted by Gasteiger charge is 2.16. The lowest BCUT2D eigenvalue weighted by Crippen LogP contribution is -2.03. The first-order valence-electron chi connectivity index (χ1n) is 5.04. The summed E-state index contributed by atoms with van der Waals surface area (Å²) in [6.45, 7) is 0. The van der Waals surface area contributed by atoms with Gasteiger partial charge in [-0.15, -0.1) is 0 Å². The molecule has 0 fully saturated rings. The quantitative estimate of drug-likeness (QED) is 0.640. The van der Waals surface area contributed by atoms with Crippen LogP contribution in [-0.4, -0.2) is 5.78 Å². The van der Waals surface area contributed by atoms with Crippen molar-refractivity contribution in [3.8, 4) is 0 Å². The van der Waals surface area contributed by atoms with Gasteiger partial charge in [0.15, 0.2) is 5.78 Å². The predicted molar refractivity (Wildman–Crippen MR) is 78.4 cm³/mol. The number of anilines is 1. The molecule has 0 aliphatic rings. The number of carbonyl (C=O) groups is 1. The smallest absolute Gasteiger partial charge is 0.195 e. The Balaban J connectivity index is 2.51. The Bertz CT molecular complexity index is 628. The molecule has 5 heteroatoms. The number of carbonyl (C=O) groups excluding carboxylic acids is 1. The minimum absolute atomic E-state index is 0.200. The summed E-state index contributed by atoms with van der Waals surface area (Å²) in [5.41, 5.74) is 6.97. The van der Waals surface area contributed by atoms with Gasteiger partial charge >= 0.3 is 0 Å². The molecule has 2 nitrogen and oxygen atoms in total. The molecule has 18 heavy (non-hydrogen) atoms. The fourth-order valence-electron chi connectivity index (χ4n) is 1.53. The zero-order valence-electron chi connectivity index (χ0n) is 9.08. The minimum Gasteiger partial charge on any atom is -0.399 e. The molecule has 0 atom stereocenters. The molecule has 0 aliphatic carbocycles. The molecule has 2 rings (SSSR count). The third kappa shape index (κ3) is 2.69. The summed E-state index contributed by atoms with van der Waals surface area (Å²) in [4.78, 5) is 12.3. The van der Waals surface area contributed by atoms with Gasteiger partial charge in [0.2, 0.25) is 0 Å². The number of nitrogen functional groups attached to an aromatic ring is 1. The maximum Gasteiger partial charge on any atom is 0.195 e. The van der Waals surface area contributed by atoms with Gasteiger partial charge in [-0.25, -0.2) is 0 Å².